The number of quaternary nitrogens is 1. The standard InChI is InChI=1S/C29H60N2O2/c1-6-8-10-12-16-20-24-28(32)27(31(3,4)5)23-19-15-14-17-21-25-29(33)30-26-22-18-13-11-9-7-2/h27-28,32H,6-26H2,1-5H3/p+1. The lowest BCUT2D eigenvalue weighted by atomic mass is 9.95. The summed E-state index contributed by atoms with van der Waals surface area (Å²) in [6.45, 7) is 5.34. The first-order valence-electron chi connectivity index (χ1n) is 14.6. The topological polar surface area (TPSA) is 49.3 Å². The highest BCUT2D eigenvalue weighted by atomic mass is 16.3. The Morgan fingerprint density at radius 2 is 1.12 bits per heavy atom. The van der Waals surface area contributed by atoms with Gasteiger partial charge in [0.15, 0.2) is 0 Å². The fourth-order valence-corrected chi connectivity index (χ4v) is 4.81. The molecule has 0 radical (unpaired) electrons. The van der Waals surface area contributed by atoms with Gasteiger partial charge in [-0.1, -0.05) is 104 Å². The van der Waals surface area contributed by atoms with Crippen molar-refractivity contribution in [3.05, 3.63) is 0 Å². The molecule has 0 aromatic rings. The van der Waals surface area contributed by atoms with Gasteiger partial charge in [0.2, 0.25) is 5.91 Å². The second-order valence-corrected chi connectivity index (χ2v) is 11.2. The van der Waals surface area contributed by atoms with Crippen molar-refractivity contribution >= 4 is 5.91 Å². The summed E-state index contributed by atoms with van der Waals surface area (Å²) in [6, 6.07) is 0.327. The van der Waals surface area contributed by atoms with Crippen molar-refractivity contribution in [1.82, 2.24) is 5.32 Å². The van der Waals surface area contributed by atoms with Crippen LogP contribution < -0.4 is 5.32 Å². The van der Waals surface area contributed by atoms with Crippen molar-refractivity contribution in [3.8, 4) is 0 Å². The van der Waals surface area contributed by atoms with Gasteiger partial charge >= 0.3 is 0 Å². The van der Waals surface area contributed by atoms with Crippen molar-refractivity contribution < 1.29 is 14.4 Å². The summed E-state index contributed by atoms with van der Waals surface area (Å²) in [5.41, 5.74) is 0. The summed E-state index contributed by atoms with van der Waals surface area (Å²) in [5.74, 6) is 0.228. The van der Waals surface area contributed by atoms with Crippen LogP contribution >= 0.6 is 0 Å². The summed E-state index contributed by atoms with van der Waals surface area (Å²) in [6.07, 6.45) is 23.6. The van der Waals surface area contributed by atoms with Gasteiger partial charge in [-0.2, -0.15) is 0 Å². The van der Waals surface area contributed by atoms with E-state index in [-0.39, 0.29) is 12.0 Å². The van der Waals surface area contributed by atoms with Crippen molar-refractivity contribution in [2.24, 2.45) is 0 Å². The first-order valence-corrected chi connectivity index (χ1v) is 14.6. The second kappa shape index (κ2) is 21.9. The van der Waals surface area contributed by atoms with E-state index in [1.54, 1.807) is 0 Å². The molecule has 0 saturated carbocycles. The minimum atomic E-state index is -0.188. The molecule has 1 amide bonds. The van der Waals surface area contributed by atoms with Gasteiger partial charge in [-0.3, -0.25) is 4.79 Å². The maximum Gasteiger partial charge on any atom is 0.219 e. The average Bonchev–Trinajstić information content (AvgIpc) is 2.76. The Morgan fingerprint density at radius 3 is 1.67 bits per heavy atom. The average molecular weight is 470 g/mol. The Balaban J connectivity index is 3.80. The number of unbranched alkanes of at least 4 members (excludes halogenated alkanes) is 14. The molecule has 0 bridgehead atoms. The Labute approximate surface area is 207 Å². The Bertz CT molecular complexity index is 434. The largest absolute Gasteiger partial charge is 0.387 e. The zero-order valence-corrected chi connectivity index (χ0v) is 23.3. The molecular formula is C29H61N2O2+. The maximum atomic E-state index is 12.0. The molecule has 0 spiro atoms. The molecule has 4 heteroatoms. The summed E-state index contributed by atoms with van der Waals surface area (Å²) in [4.78, 5) is 12.0. The lowest BCUT2D eigenvalue weighted by Crippen LogP contribution is -2.51. The van der Waals surface area contributed by atoms with Crippen LogP contribution in [0.2, 0.25) is 0 Å². The van der Waals surface area contributed by atoms with E-state index in [2.05, 4.69) is 40.3 Å². The van der Waals surface area contributed by atoms with Gasteiger partial charge in [-0.25, -0.2) is 0 Å². The van der Waals surface area contributed by atoms with E-state index in [1.807, 2.05) is 0 Å². The summed E-state index contributed by atoms with van der Waals surface area (Å²) in [7, 11) is 6.66. The number of aliphatic hydroxyl groups excluding tert-OH is 1. The molecule has 0 heterocycles. The van der Waals surface area contributed by atoms with Gasteiger partial charge in [0.25, 0.3) is 0 Å². The number of rotatable bonds is 24. The molecule has 0 rings (SSSR count). The number of likely N-dealkylation sites (N-methyl/N-ethyl adjacent to an activating group) is 1. The fourth-order valence-electron chi connectivity index (χ4n) is 4.81. The zero-order valence-electron chi connectivity index (χ0n) is 23.3. The highest BCUT2D eigenvalue weighted by Gasteiger charge is 2.30. The van der Waals surface area contributed by atoms with Gasteiger partial charge in [-0.15, -0.1) is 0 Å². The van der Waals surface area contributed by atoms with Crippen molar-refractivity contribution in [2.45, 2.75) is 154 Å². The third-order valence-corrected chi connectivity index (χ3v) is 7.05. The number of amides is 1. The van der Waals surface area contributed by atoms with Crippen LogP contribution in [0.1, 0.15) is 142 Å². The lowest BCUT2D eigenvalue weighted by molar-refractivity contribution is -0.900. The third kappa shape index (κ3) is 20.5. The number of nitrogens with one attached hydrogen (secondary N) is 1. The third-order valence-electron chi connectivity index (χ3n) is 7.05. The highest BCUT2D eigenvalue weighted by molar-refractivity contribution is 5.75. The van der Waals surface area contributed by atoms with Crippen molar-refractivity contribution in [2.75, 3.05) is 27.7 Å². The molecule has 2 N–H and O–H groups in total. The normalized spacial score (nSPS) is 13.8. The van der Waals surface area contributed by atoms with E-state index in [9.17, 15) is 9.90 Å². The molecule has 0 aliphatic heterocycles. The van der Waals surface area contributed by atoms with E-state index in [0.29, 0.717) is 12.5 Å². The Hall–Kier alpha value is -0.610. The van der Waals surface area contributed by atoms with Gasteiger partial charge in [-0.05, 0) is 25.7 Å². The van der Waals surface area contributed by atoms with Crippen molar-refractivity contribution in [3.63, 3.8) is 0 Å². The van der Waals surface area contributed by atoms with E-state index in [4.69, 9.17) is 0 Å². The first kappa shape index (κ1) is 32.4. The quantitative estimate of drug-likeness (QED) is 0.114. The summed E-state index contributed by atoms with van der Waals surface area (Å²) < 4.78 is 0.843. The predicted molar refractivity (Wildman–Crippen MR) is 145 cm³/mol. The molecule has 0 aliphatic carbocycles. The monoisotopic (exact) mass is 469 g/mol. The molecule has 198 valence electrons. The number of aliphatic hydroxyl groups is 1. The smallest absolute Gasteiger partial charge is 0.219 e. The molecule has 0 fully saturated rings. The van der Waals surface area contributed by atoms with Gasteiger partial charge in [0.1, 0.15) is 12.1 Å². The second-order valence-electron chi connectivity index (χ2n) is 11.2. The van der Waals surface area contributed by atoms with Crippen LogP contribution in [0.15, 0.2) is 0 Å². The van der Waals surface area contributed by atoms with Crippen LogP contribution in [-0.4, -0.2) is 55.3 Å². The minimum absolute atomic E-state index is 0.188. The predicted octanol–water partition coefficient (Wildman–Crippen LogP) is 7.38. The van der Waals surface area contributed by atoms with Gasteiger partial charge < -0.3 is 14.9 Å². The number of nitrogens with zero attached hydrogens (tertiary/aromatic N) is 1. The molecule has 33 heavy (non-hydrogen) atoms. The molecule has 2 unspecified atom stereocenters. The molecule has 0 aliphatic rings. The van der Waals surface area contributed by atoms with Crippen LogP contribution in [0.25, 0.3) is 0 Å². The first-order chi connectivity index (χ1) is 15.8. The van der Waals surface area contributed by atoms with E-state index in [0.717, 1.165) is 49.6 Å². The van der Waals surface area contributed by atoms with Crippen LogP contribution in [0, 0.1) is 0 Å². The van der Waals surface area contributed by atoms with Crippen LogP contribution in [0.5, 0.6) is 0 Å². The molecule has 0 aromatic carbocycles. The molecule has 0 aromatic heterocycles. The van der Waals surface area contributed by atoms with Gasteiger partial charge in [0.05, 0.1) is 21.1 Å². The number of hydrogen-bond acceptors (Lipinski definition) is 2. The van der Waals surface area contributed by atoms with Crippen LogP contribution in [-0.2, 0) is 4.79 Å². The minimum Gasteiger partial charge on any atom is -0.387 e. The van der Waals surface area contributed by atoms with Crippen LogP contribution in [0.3, 0.4) is 0 Å². The van der Waals surface area contributed by atoms with E-state index >= 15 is 0 Å². The number of hydrogen-bond donors (Lipinski definition) is 2. The Kier molecular flexibility index (Phi) is 21.5. The molecule has 0 saturated heterocycles. The summed E-state index contributed by atoms with van der Waals surface area (Å²) in [5, 5.41) is 13.9. The summed E-state index contributed by atoms with van der Waals surface area (Å²) >= 11 is 0. The van der Waals surface area contributed by atoms with E-state index < -0.39 is 0 Å². The van der Waals surface area contributed by atoms with Crippen LogP contribution in [0.4, 0.5) is 0 Å². The zero-order chi connectivity index (χ0) is 24.8. The number of carbonyl (C=O) groups excluding carboxylic acids is 1. The fraction of sp³-hybridized carbons (Fsp3) is 0.966. The Morgan fingerprint density at radius 1 is 0.667 bits per heavy atom. The number of carbonyl (C=O) groups is 1. The molecule has 4 nitrogen and oxygen atoms in total. The maximum absolute atomic E-state index is 12.0. The molecule has 2 atom stereocenters. The van der Waals surface area contributed by atoms with E-state index in [1.165, 1.54) is 83.5 Å². The lowest BCUT2D eigenvalue weighted by Gasteiger charge is -2.37. The molecular weight excluding hydrogens is 408 g/mol. The van der Waals surface area contributed by atoms with Gasteiger partial charge in [0, 0.05) is 19.4 Å². The SMILES string of the molecule is CCCCCCCCNC(=O)CCCCCCCC(C(O)CCCCCCCC)[N+](C)(C)C. The highest BCUT2D eigenvalue weighted by Crippen LogP contribution is 2.21. The van der Waals surface area contributed by atoms with Crippen molar-refractivity contribution in [1.29, 1.82) is 0 Å².